The van der Waals surface area contributed by atoms with Crippen molar-refractivity contribution in [1.29, 1.82) is 0 Å². The zero-order valence-corrected chi connectivity index (χ0v) is 15.0. The summed E-state index contributed by atoms with van der Waals surface area (Å²) in [5.74, 6) is -0.387. The average Bonchev–Trinajstić information content (AvgIpc) is 2.50. The van der Waals surface area contributed by atoms with Gasteiger partial charge in [-0.25, -0.2) is 18.4 Å². The Morgan fingerprint density at radius 3 is 2.36 bits per heavy atom. The number of aryl methyl sites for hydroxylation is 2. The molecule has 1 aromatic heterocycles. The van der Waals surface area contributed by atoms with Gasteiger partial charge in [-0.05, 0) is 50.6 Å². The molecular formula is C16H20N4O4S. The molecule has 0 radical (unpaired) electrons. The number of carbonyl (C=O) groups excluding carboxylic acids is 1. The fourth-order valence-electron chi connectivity index (χ4n) is 2.58. The second-order valence-corrected chi connectivity index (χ2v) is 7.24. The van der Waals surface area contributed by atoms with Gasteiger partial charge >= 0.3 is 5.69 Å². The summed E-state index contributed by atoms with van der Waals surface area (Å²) < 4.78 is 23.9. The Kier molecular flexibility index (Phi) is 5.39. The van der Waals surface area contributed by atoms with Gasteiger partial charge in [0.2, 0.25) is 15.9 Å². The van der Waals surface area contributed by atoms with E-state index in [1.165, 1.54) is 28.8 Å². The van der Waals surface area contributed by atoms with Gasteiger partial charge in [0, 0.05) is 17.1 Å². The lowest BCUT2D eigenvalue weighted by atomic mass is 10.1. The standard InChI is InChI=1S/C16H20N4O4S/c1-4-14(20-11(3)9-10(2)18-16(20)22)15(21)19-12-5-7-13(8-6-12)25(17,23)24/h5-9,14H,4H2,1-3H3,(H,19,21)(H2,17,23,24). The van der Waals surface area contributed by atoms with Crippen LogP contribution >= 0.6 is 0 Å². The molecule has 1 aromatic carbocycles. The van der Waals surface area contributed by atoms with Gasteiger partial charge < -0.3 is 5.32 Å². The number of sulfonamides is 1. The average molecular weight is 364 g/mol. The van der Waals surface area contributed by atoms with Crippen molar-refractivity contribution in [2.75, 3.05) is 5.32 Å². The van der Waals surface area contributed by atoms with E-state index < -0.39 is 21.8 Å². The first kappa shape index (κ1) is 18.8. The van der Waals surface area contributed by atoms with Crippen molar-refractivity contribution in [1.82, 2.24) is 9.55 Å². The lowest BCUT2D eigenvalue weighted by Gasteiger charge is -2.20. The second kappa shape index (κ2) is 7.16. The highest BCUT2D eigenvalue weighted by molar-refractivity contribution is 7.89. The van der Waals surface area contributed by atoms with Crippen molar-refractivity contribution in [3.63, 3.8) is 0 Å². The summed E-state index contributed by atoms with van der Waals surface area (Å²) >= 11 is 0. The van der Waals surface area contributed by atoms with Gasteiger partial charge in [0.1, 0.15) is 6.04 Å². The molecule has 0 fully saturated rings. The SMILES string of the molecule is CCC(C(=O)Nc1ccc(S(N)(=O)=O)cc1)n1c(C)cc(C)nc1=O. The van der Waals surface area contributed by atoms with E-state index in [4.69, 9.17) is 5.14 Å². The van der Waals surface area contributed by atoms with Gasteiger partial charge in [-0.1, -0.05) is 6.92 Å². The van der Waals surface area contributed by atoms with E-state index in [-0.39, 0.29) is 10.8 Å². The summed E-state index contributed by atoms with van der Waals surface area (Å²) in [6, 6.07) is 6.49. The zero-order valence-electron chi connectivity index (χ0n) is 14.2. The van der Waals surface area contributed by atoms with Crippen molar-refractivity contribution in [2.24, 2.45) is 5.14 Å². The minimum atomic E-state index is -3.79. The highest BCUT2D eigenvalue weighted by Crippen LogP contribution is 2.17. The number of benzene rings is 1. The number of nitrogens with two attached hydrogens (primary N) is 1. The van der Waals surface area contributed by atoms with Crippen LogP contribution in [0.25, 0.3) is 0 Å². The number of rotatable bonds is 5. The van der Waals surface area contributed by atoms with E-state index in [1.807, 2.05) is 0 Å². The van der Waals surface area contributed by atoms with Crippen LogP contribution in [-0.2, 0) is 14.8 Å². The maximum atomic E-state index is 12.6. The number of nitrogens with zero attached hydrogens (tertiary/aromatic N) is 2. The van der Waals surface area contributed by atoms with E-state index in [2.05, 4.69) is 10.3 Å². The molecule has 1 unspecified atom stereocenters. The predicted octanol–water partition coefficient (Wildman–Crippen LogP) is 1.10. The van der Waals surface area contributed by atoms with Crippen LogP contribution in [0.2, 0.25) is 0 Å². The number of anilines is 1. The molecule has 0 saturated heterocycles. The van der Waals surface area contributed by atoms with Crippen molar-refractivity contribution >= 4 is 21.6 Å². The predicted molar refractivity (Wildman–Crippen MR) is 93.7 cm³/mol. The Bertz CT molecular complexity index is 949. The lowest BCUT2D eigenvalue weighted by molar-refractivity contribution is -0.119. The van der Waals surface area contributed by atoms with E-state index >= 15 is 0 Å². The molecule has 2 rings (SSSR count). The molecule has 0 aliphatic heterocycles. The molecule has 8 nitrogen and oxygen atoms in total. The Morgan fingerprint density at radius 2 is 1.88 bits per heavy atom. The Balaban J connectivity index is 2.28. The third-order valence-electron chi connectivity index (χ3n) is 3.73. The zero-order chi connectivity index (χ0) is 18.8. The molecule has 0 spiro atoms. The fraction of sp³-hybridized carbons (Fsp3) is 0.312. The monoisotopic (exact) mass is 364 g/mol. The second-order valence-electron chi connectivity index (χ2n) is 5.67. The van der Waals surface area contributed by atoms with Crippen LogP contribution in [0.1, 0.15) is 30.8 Å². The topological polar surface area (TPSA) is 124 Å². The molecule has 0 aliphatic rings. The van der Waals surface area contributed by atoms with Gasteiger partial charge in [-0.2, -0.15) is 4.98 Å². The first-order valence-electron chi connectivity index (χ1n) is 7.64. The van der Waals surface area contributed by atoms with Crippen molar-refractivity contribution in [3.05, 3.63) is 52.2 Å². The highest BCUT2D eigenvalue weighted by atomic mass is 32.2. The minimum Gasteiger partial charge on any atom is -0.324 e. The van der Waals surface area contributed by atoms with Gasteiger partial charge in [0.05, 0.1) is 4.90 Å². The number of amides is 1. The molecule has 1 heterocycles. The van der Waals surface area contributed by atoms with Crippen molar-refractivity contribution in [3.8, 4) is 0 Å². The Morgan fingerprint density at radius 1 is 1.28 bits per heavy atom. The van der Waals surface area contributed by atoms with Crippen LogP contribution in [0.15, 0.2) is 40.0 Å². The number of carbonyl (C=O) groups is 1. The number of nitrogens with one attached hydrogen (secondary N) is 1. The molecule has 0 bridgehead atoms. The summed E-state index contributed by atoms with van der Waals surface area (Å²) in [6.45, 7) is 5.25. The van der Waals surface area contributed by atoms with Crippen molar-refractivity contribution < 1.29 is 13.2 Å². The minimum absolute atomic E-state index is 0.0488. The molecule has 0 aliphatic carbocycles. The normalized spacial score (nSPS) is 12.6. The van der Waals surface area contributed by atoms with Gasteiger partial charge in [0.15, 0.2) is 0 Å². The van der Waals surface area contributed by atoms with Crippen molar-refractivity contribution in [2.45, 2.75) is 38.1 Å². The highest BCUT2D eigenvalue weighted by Gasteiger charge is 2.22. The number of hydrogen-bond donors (Lipinski definition) is 2. The summed E-state index contributed by atoms with van der Waals surface area (Å²) in [5, 5.41) is 7.72. The fourth-order valence-corrected chi connectivity index (χ4v) is 3.09. The van der Waals surface area contributed by atoms with Crippen LogP contribution in [0, 0.1) is 13.8 Å². The molecule has 3 N–H and O–H groups in total. The maximum Gasteiger partial charge on any atom is 0.348 e. The third-order valence-corrected chi connectivity index (χ3v) is 4.66. The summed E-state index contributed by atoms with van der Waals surface area (Å²) in [4.78, 5) is 28.6. The van der Waals surface area contributed by atoms with E-state index in [9.17, 15) is 18.0 Å². The van der Waals surface area contributed by atoms with E-state index in [0.29, 0.717) is 23.5 Å². The molecule has 1 amide bonds. The van der Waals surface area contributed by atoms with Crippen LogP contribution in [0.3, 0.4) is 0 Å². The van der Waals surface area contributed by atoms with Crippen LogP contribution in [0.5, 0.6) is 0 Å². The first-order chi connectivity index (χ1) is 11.6. The summed E-state index contributed by atoms with van der Waals surface area (Å²) in [6.07, 6.45) is 0.395. The first-order valence-corrected chi connectivity index (χ1v) is 9.18. The van der Waals surface area contributed by atoms with Gasteiger partial charge in [-0.3, -0.25) is 9.36 Å². The largest absolute Gasteiger partial charge is 0.348 e. The Hall–Kier alpha value is -2.52. The van der Waals surface area contributed by atoms with Crippen LogP contribution in [0.4, 0.5) is 5.69 Å². The molecule has 2 aromatic rings. The van der Waals surface area contributed by atoms with Gasteiger partial charge in [-0.15, -0.1) is 0 Å². The number of aromatic nitrogens is 2. The summed E-state index contributed by atoms with van der Waals surface area (Å²) in [5.41, 5.74) is 1.15. The Labute approximate surface area is 145 Å². The molecule has 0 saturated carbocycles. The molecule has 9 heteroatoms. The molecule has 25 heavy (non-hydrogen) atoms. The lowest BCUT2D eigenvalue weighted by Crippen LogP contribution is -2.36. The smallest absolute Gasteiger partial charge is 0.324 e. The number of primary sulfonamides is 1. The van der Waals surface area contributed by atoms with Crippen LogP contribution in [-0.4, -0.2) is 23.9 Å². The number of hydrogen-bond acceptors (Lipinski definition) is 5. The maximum absolute atomic E-state index is 12.6. The molecule has 134 valence electrons. The molecular weight excluding hydrogens is 344 g/mol. The van der Waals surface area contributed by atoms with Gasteiger partial charge in [0.25, 0.3) is 0 Å². The third kappa shape index (κ3) is 4.31. The summed E-state index contributed by atoms with van der Waals surface area (Å²) in [7, 11) is -3.79. The molecule has 1 atom stereocenters. The van der Waals surface area contributed by atoms with E-state index in [1.54, 1.807) is 26.8 Å². The van der Waals surface area contributed by atoms with Crippen LogP contribution < -0.4 is 16.1 Å². The van der Waals surface area contributed by atoms with E-state index in [0.717, 1.165) is 0 Å². The quantitative estimate of drug-likeness (QED) is 0.822.